The molecule has 0 aliphatic rings. The minimum absolute atomic E-state index is 0.0150. The molecule has 2 rings (SSSR count). The van der Waals surface area contributed by atoms with Crippen LogP contribution in [0.1, 0.15) is 19.8 Å². The molecule has 1 aromatic heterocycles. The number of benzene rings is 1. The number of carboxylic acids is 1. The summed E-state index contributed by atoms with van der Waals surface area (Å²) in [7, 11) is 0. The number of rotatable bonds is 5. The average molecular weight is 328 g/mol. The van der Waals surface area contributed by atoms with Gasteiger partial charge in [0.25, 0.3) is 0 Å². The zero-order valence-corrected chi connectivity index (χ0v) is 12.8. The third-order valence-electron chi connectivity index (χ3n) is 2.74. The fraction of sp³-hybridized carbons (Fsp3) is 0.308. The van der Waals surface area contributed by atoms with E-state index in [0.29, 0.717) is 16.6 Å². The summed E-state index contributed by atoms with van der Waals surface area (Å²) in [5.74, 6) is -0.882. The Bertz CT molecular complexity index is 674. The van der Waals surface area contributed by atoms with Crippen molar-refractivity contribution >= 4 is 50.3 Å². The number of nitrogens with one attached hydrogen (secondary N) is 2. The van der Waals surface area contributed by atoms with Crippen molar-refractivity contribution in [2.45, 2.75) is 25.8 Å². The number of halogens is 1. The summed E-state index contributed by atoms with van der Waals surface area (Å²) < 4.78 is 0.886. The zero-order chi connectivity index (χ0) is 15.4. The average Bonchev–Trinajstić information content (AvgIpc) is 2.77. The summed E-state index contributed by atoms with van der Waals surface area (Å²) in [6.07, 6.45) is 0.388. The molecule has 1 heterocycles. The number of carbonyl (C=O) groups is 2. The first kappa shape index (κ1) is 15.5. The van der Waals surface area contributed by atoms with Gasteiger partial charge in [0.1, 0.15) is 0 Å². The number of thiazole rings is 1. The summed E-state index contributed by atoms with van der Waals surface area (Å²) >= 11 is 7.22. The molecule has 6 nitrogen and oxygen atoms in total. The summed E-state index contributed by atoms with van der Waals surface area (Å²) in [6.45, 7) is 1.75. The van der Waals surface area contributed by atoms with Crippen molar-refractivity contribution in [3.63, 3.8) is 0 Å². The normalized spacial score (nSPS) is 12.1. The third kappa shape index (κ3) is 4.57. The molecule has 8 heteroatoms. The quantitative estimate of drug-likeness (QED) is 0.785. The Balaban J connectivity index is 1.93. The lowest BCUT2D eigenvalue weighted by Gasteiger charge is -2.12. The molecule has 0 aliphatic heterocycles. The lowest BCUT2D eigenvalue weighted by atomic mass is 10.2. The van der Waals surface area contributed by atoms with Gasteiger partial charge in [0.05, 0.1) is 10.2 Å². The van der Waals surface area contributed by atoms with Gasteiger partial charge in [-0.3, -0.25) is 10.1 Å². The van der Waals surface area contributed by atoms with Crippen molar-refractivity contribution in [1.29, 1.82) is 0 Å². The maximum absolute atomic E-state index is 11.8. The Morgan fingerprint density at radius 2 is 2.24 bits per heavy atom. The molecule has 0 saturated heterocycles. The predicted molar refractivity (Wildman–Crippen MR) is 83.1 cm³/mol. The van der Waals surface area contributed by atoms with E-state index < -0.39 is 12.0 Å². The lowest BCUT2D eigenvalue weighted by molar-refractivity contribution is -0.137. The Morgan fingerprint density at radius 1 is 1.48 bits per heavy atom. The smallest absolute Gasteiger partial charge is 0.321 e. The van der Waals surface area contributed by atoms with Crippen LogP contribution in [-0.2, 0) is 4.79 Å². The molecular weight excluding hydrogens is 314 g/mol. The largest absolute Gasteiger partial charge is 0.481 e. The molecule has 112 valence electrons. The second-order valence-electron chi connectivity index (χ2n) is 4.56. The predicted octanol–water partition coefficient (Wildman–Crippen LogP) is 3.32. The highest BCUT2D eigenvalue weighted by molar-refractivity contribution is 7.22. The second kappa shape index (κ2) is 6.73. The van der Waals surface area contributed by atoms with E-state index in [1.807, 2.05) is 0 Å². The van der Waals surface area contributed by atoms with Gasteiger partial charge in [0.15, 0.2) is 5.13 Å². The Kier molecular flexibility index (Phi) is 4.98. The van der Waals surface area contributed by atoms with E-state index >= 15 is 0 Å². The van der Waals surface area contributed by atoms with E-state index in [9.17, 15) is 9.59 Å². The Morgan fingerprint density at radius 3 is 2.95 bits per heavy atom. The molecule has 0 saturated carbocycles. The summed E-state index contributed by atoms with van der Waals surface area (Å²) in [6, 6.07) is 4.67. The Hall–Kier alpha value is -1.86. The number of hydrogen-bond donors (Lipinski definition) is 3. The van der Waals surface area contributed by atoms with Crippen LogP contribution >= 0.6 is 22.9 Å². The van der Waals surface area contributed by atoms with E-state index in [-0.39, 0.29) is 12.5 Å². The van der Waals surface area contributed by atoms with Gasteiger partial charge >= 0.3 is 12.0 Å². The number of amides is 2. The molecule has 3 N–H and O–H groups in total. The number of nitrogens with zero attached hydrogens (tertiary/aromatic N) is 1. The topological polar surface area (TPSA) is 91.3 Å². The van der Waals surface area contributed by atoms with Gasteiger partial charge in [-0.05, 0) is 31.5 Å². The van der Waals surface area contributed by atoms with Gasteiger partial charge < -0.3 is 10.4 Å². The highest BCUT2D eigenvalue weighted by atomic mass is 35.5. The number of carboxylic acid groups (broad SMARTS) is 1. The van der Waals surface area contributed by atoms with E-state index in [0.717, 1.165) is 10.2 Å². The van der Waals surface area contributed by atoms with Gasteiger partial charge in [-0.1, -0.05) is 22.9 Å². The molecule has 2 amide bonds. The van der Waals surface area contributed by atoms with Crippen LogP contribution in [0.2, 0.25) is 5.02 Å². The van der Waals surface area contributed by atoms with Crippen LogP contribution in [0, 0.1) is 0 Å². The maximum atomic E-state index is 11.8. The number of anilines is 1. The molecule has 0 bridgehead atoms. The number of aliphatic carboxylic acids is 1. The fourth-order valence-electron chi connectivity index (χ4n) is 1.72. The van der Waals surface area contributed by atoms with E-state index in [4.69, 9.17) is 16.7 Å². The molecule has 1 atom stereocenters. The first-order valence-corrected chi connectivity index (χ1v) is 7.49. The SMILES string of the molecule is CC(CCC(=O)O)NC(=O)Nc1nc2ccc(Cl)cc2s1. The van der Waals surface area contributed by atoms with Gasteiger partial charge in [0.2, 0.25) is 0 Å². The molecule has 0 fully saturated rings. The van der Waals surface area contributed by atoms with Crippen molar-refractivity contribution in [3.05, 3.63) is 23.2 Å². The molecule has 0 aliphatic carbocycles. The highest BCUT2D eigenvalue weighted by Crippen LogP contribution is 2.28. The number of aromatic nitrogens is 1. The van der Waals surface area contributed by atoms with E-state index in [1.54, 1.807) is 25.1 Å². The summed E-state index contributed by atoms with van der Waals surface area (Å²) in [4.78, 5) is 26.5. The van der Waals surface area contributed by atoms with E-state index in [2.05, 4.69) is 15.6 Å². The second-order valence-corrected chi connectivity index (χ2v) is 6.03. The monoisotopic (exact) mass is 327 g/mol. The summed E-state index contributed by atoms with van der Waals surface area (Å²) in [5.41, 5.74) is 0.763. The van der Waals surface area contributed by atoms with E-state index in [1.165, 1.54) is 11.3 Å². The van der Waals surface area contributed by atoms with Crippen molar-refractivity contribution < 1.29 is 14.7 Å². The zero-order valence-electron chi connectivity index (χ0n) is 11.2. The van der Waals surface area contributed by atoms with Crippen LogP contribution in [0.25, 0.3) is 10.2 Å². The van der Waals surface area contributed by atoms with Gasteiger partial charge in [-0.25, -0.2) is 9.78 Å². The maximum Gasteiger partial charge on any atom is 0.321 e. The van der Waals surface area contributed by atoms with Crippen LogP contribution in [-0.4, -0.2) is 28.1 Å². The van der Waals surface area contributed by atoms with Crippen LogP contribution < -0.4 is 10.6 Å². The molecule has 1 unspecified atom stereocenters. The molecule has 21 heavy (non-hydrogen) atoms. The minimum Gasteiger partial charge on any atom is -0.481 e. The van der Waals surface area contributed by atoms with Gasteiger partial charge in [-0.15, -0.1) is 0 Å². The molecule has 0 radical (unpaired) electrons. The number of hydrogen-bond acceptors (Lipinski definition) is 4. The summed E-state index contributed by atoms with van der Waals surface area (Å²) in [5, 5.41) is 15.0. The van der Waals surface area contributed by atoms with Crippen molar-refractivity contribution in [3.8, 4) is 0 Å². The van der Waals surface area contributed by atoms with Gasteiger partial charge in [0, 0.05) is 17.5 Å². The number of urea groups is 1. The first-order chi connectivity index (χ1) is 9.94. The van der Waals surface area contributed by atoms with Crippen LogP contribution in [0.5, 0.6) is 0 Å². The standard InChI is InChI=1S/C13H14ClN3O3S/c1-7(2-5-11(18)19)15-12(20)17-13-16-9-4-3-8(14)6-10(9)21-13/h3-4,6-7H,2,5H2,1H3,(H,18,19)(H2,15,16,17,20). The fourth-order valence-corrected chi connectivity index (χ4v) is 2.86. The number of carbonyl (C=O) groups excluding carboxylic acids is 1. The molecule has 0 spiro atoms. The van der Waals surface area contributed by atoms with Gasteiger partial charge in [-0.2, -0.15) is 0 Å². The first-order valence-electron chi connectivity index (χ1n) is 6.29. The van der Waals surface area contributed by atoms with Crippen molar-refractivity contribution in [2.24, 2.45) is 0 Å². The third-order valence-corrected chi connectivity index (χ3v) is 3.91. The molecular formula is C13H14ClN3O3S. The van der Waals surface area contributed by atoms with Crippen molar-refractivity contribution in [1.82, 2.24) is 10.3 Å². The van der Waals surface area contributed by atoms with Crippen LogP contribution in [0.4, 0.5) is 9.93 Å². The Labute approximate surface area is 130 Å². The molecule has 2 aromatic rings. The minimum atomic E-state index is -0.882. The van der Waals surface area contributed by atoms with Crippen molar-refractivity contribution in [2.75, 3.05) is 5.32 Å². The lowest BCUT2D eigenvalue weighted by Crippen LogP contribution is -2.36. The molecule has 1 aromatic carbocycles. The highest BCUT2D eigenvalue weighted by Gasteiger charge is 2.11. The van der Waals surface area contributed by atoms with Crippen LogP contribution in [0.15, 0.2) is 18.2 Å². The number of fused-ring (bicyclic) bond motifs is 1. The van der Waals surface area contributed by atoms with Crippen LogP contribution in [0.3, 0.4) is 0 Å².